The fourth-order valence-electron chi connectivity index (χ4n) is 2.62. The van der Waals surface area contributed by atoms with Gasteiger partial charge in [0.1, 0.15) is 5.69 Å². The van der Waals surface area contributed by atoms with Gasteiger partial charge in [-0.2, -0.15) is 0 Å². The lowest BCUT2D eigenvalue weighted by Gasteiger charge is -2.26. The van der Waals surface area contributed by atoms with Crippen molar-refractivity contribution < 1.29 is 4.79 Å². The van der Waals surface area contributed by atoms with Crippen LogP contribution in [0.25, 0.3) is 0 Å². The van der Waals surface area contributed by atoms with Crippen LogP contribution in [-0.2, 0) is 6.42 Å². The zero-order valence-electron chi connectivity index (χ0n) is 13.8. The number of hydrogen-bond donors (Lipinski definition) is 0. The summed E-state index contributed by atoms with van der Waals surface area (Å²) in [6.45, 7) is 4.03. The number of anilines is 1. The van der Waals surface area contributed by atoms with Gasteiger partial charge in [0.15, 0.2) is 0 Å². The van der Waals surface area contributed by atoms with Crippen LogP contribution >= 0.6 is 11.3 Å². The van der Waals surface area contributed by atoms with Gasteiger partial charge >= 0.3 is 0 Å². The Morgan fingerprint density at radius 1 is 1.04 bits per heavy atom. The van der Waals surface area contributed by atoms with E-state index in [0.29, 0.717) is 5.69 Å². The topological polar surface area (TPSA) is 33.2 Å². The quantitative estimate of drug-likeness (QED) is 0.671. The lowest BCUT2D eigenvalue weighted by atomic mass is 10.2. The molecule has 0 spiro atoms. The predicted octanol–water partition coefficient (Wildman–Crippen LogP) is 4.79. The fourth-order valence-corrected chi connectivity index (χ4v) is 3.42. The van der Waals surface area contributed by atoms with E-state index in [1.54, 1.807) is 4.90 Å². The second kappa shape index (κ2) is 7.41. The van der Waals surface area contributed by atoms with Crippen molar-refractivity contribution in [3.8, 4) is 0 Å². The van der Waals surface area contributed by atoms with E-state index in [2.05, 4.69) is 17.1 Å². The van der Waals surface area contributed by atoms with Crippen molar-refractivity contribution in [2.45, 2.75) is 26.3 Å². The summed E-state index contributed by atoms with van der Waals surface area (Å²) < 4.78 is 0. The molecule has 0 N–H and O–H groups in total. The van der Waals surface area contributed by atoms with Crippen LogP contribution in [0.2, 0.25) is 0 Å². The Hall–Kier alpha value is -2.46. The van der Waals surface area contributed by atoms with Crippen LogP contribution in [-0.4, -0.2) is 16.9 Å². The first-order chi connectivity index (χ1) is 11.6. The predicted molar refractivity (Wildman–Crippen MR) is 99.7 cm³/mol. The van der Waals surface area contributed by atoms with Crippen molar-refractivity contribution in [3.05, 3.63) is 82.3 Å². The molecule has 0 fully saturated rings. The fraction of sp³-hybridized carbons (Fsp3) is 0.200. The molecule has 0 bridgehead atoms. The molecule has 4 heteroatoms. The first kappa shape index (κ1) is 16.4. The molecule has 1 aromatic heterocycles. The second-order valence-electron chi connectivity index (χ2n) is 5.89. The third-order valence-electron chi connectivity index (χ3n) is 3.74. The second-order valence-corrected chi connectivity index (χ2v) is 6.84. The summed E-state index contributed by atoms with van der Waals surface area (Å²) in [4.78, 5) is 19.3. The molecule has 0 aliphatic carbocycles. The van der Waals surface area contributed by atoms with E-state index in [9.17, 15) is 4.79 Å². The van der Waals surface area contributed by atoms with Gasteiger partial charge in [0.05, 0.1) is 5.01 Å². The summed E-state index contributed by atoms with van der Waals surface area (Å²) in [6.07, 6.45) is 0.756. The molecule has 0 radical (unpaired) electrons. The van der Waals surface area contributed by atoms with Crippen molar-refractivity contribution in [3.63, 3.8) is 0 Å². The van der Waals surface area contributed by atoms with Crippen molar-refractivity contribution in [1.29, 1.82) is 0 Å². The van der Waals surface area contributed by atoms with Crippen molar-refractivity contribution in [1.82, 2.24) is 4.98 Å². The van der Waals surface area contributed by atoms with Crippen LogP contribution in [0.4, 0.5) is 5.69 Å². The molecule has 2 aromatic carbocycles. The minimum absolute atomic E-state index is 0.0493. The van der Waals surface area contributed by atoms with Crippen LogP contribution in [0.5, 0.6) is 0 Å². The maximum Gasteiger partial charge on any atom is 0.277 e. The van der Waals surface area contributed by atoms with Gasteiger partial charge in [-0.3, -0.25) is 4.79 Å². The highest BCUT2D eigenvalue weighted by atomic mass is 32.1. The molecule has 0 saturated carbocycles. The average Bonchev–Trinajstić information content (AvgIpc) is 3.05. The van der Waals surface area contributed by atoms with E-state index in [1.807, 2.05) is 67.8 Å². The highest BCUT2D eigenvalue weighted by molar-refractivity contribution is 7.09. The SMILES string of the molecule is CC(C)N(C(=O)c1csc(Cc2ccccc2)n1)c1ccccc1. The first-order valence-electron chi connectivity index (χ1n) is 8.02. The molecule has 24 heavy (non-hydrogen) atoms. The van der Waals surface area contributed by atoms with Crippen molar-refractivity contribution >= 4 is 22.9 Å². The molecular formula is C20H20N2OS. The Balaban J connectivity index is 1.81. The molecule has 3 rings (SSSR count). The van der Waals surface area contributed by atoms with Gasteiger partial charge in [0.25, 0.3) is 5.91 Å². The van der Waals surface area contributed by atoms with Gasteiger partial charge in [0.2, 0.25) is 0 Å². The molecule has 1 heterocycles. The molecule has 0 saturated heterocycles. The number of aromatic nitrogens is 1. The normalized spacial score (nSPS) is 10.8. The molecule has 122 valence electrons. The standard InChI is InChI=1S/C20H20N2OS/c1-15(2)22(17-11-7-4-8-12-17)20(23)18-14-24-19(21-18)13-16-9-5-3-6-10-16/h3-12,14-15H,13H2,1-2H3. The smallest absolute Gasteiger partial charge is 0.277 e. The Morgan fingerprint density at radius 3 is 2.29 bits per heavy atom. The number of rotatable bonds is 5. The molecule has 0 aliphatic heterocycles. The van der Waals surface area contributed by atoms with Gasteiger partial charge in [-0.05, 0) is 31.5 Å². The van der Waals surface area contributed by atoms with E-state index in [-0.39, 0.29) is 11.9 Å². The maximum absolute atomic E-state index is 12.9. The van der Waals surface area contributed by atoms with Gasteiger partial charge in [-0.25, -0.2) is 4.98 Å². The van der Waals surface area contributed by atoms with E-state index in [1.165, 1.54) is 16.9 Å². The third kappa shape index (κ3) is 3.71. The Labute approximate surface area is 146 Å². The summed E-state index contributed by atoms with van der Waals surface area (Å²) in [5.74, 6) is -0.0493. The zero-order chi connectivity index (χ0) is 16.9. The summed E-state index contributed by atoms with van der Waals surface area (Å²) in [7, 11) is 0. The number of carbonyl (C=O) groups excluding carboxylic acids is 1. The zero-order valence-corrected chi connectivity index (χ0v) is 14.7. The van der Waals surface area contributed by atoms with Crippen LogP contribution in [0.1, 0.15) is 34.9 Å². The highest BCUT2D eigenvalue weighted by Gasteiger charge is 2.22. The van der Waals surface area contributed by atoms with E-state index in [4.69, 9.17) is 0 Å². The monoisotopic (exact) mass is 336 g/mol. The van der Waals surface area contributed by atoms with Crippen molar-refractivity contribution in [2.24, 2.45) is 0 Å². The Bertz CT molecular complexity index is 797. The molecule has 0 atom stereocenters. The van der Waals surface area contributed by atoms with E-state index in [0.717, 1.165) is 17.1 Å². The molecule has 3 nitrogen and oxygen atoms in total. The van der Waals surface area contributed by atoms with Crippen LogP contribution in [0.3, 0.4) is 0 Å². The number of thiazole rings is 1. The molecular weight excluding hydrogens is 316 g/mol. The number of nitrogens with zero attached hydrogens (tertiary/aromatic N) is 2. The van der Waals surface area contributed by atoms with Crippen LogP contribution in [0, 0.1) is 0 Å². The lowest BCUT2D eigenvalue weighted by Crippen LogP contribution is -2.37. The van der Waals surface area contributed by atoms with Crippen LogP contribution in [0.15, 0.2) is 66.0 Å². The Kier molecular flexibility index (Phi) is 5.06. The Morgan fingerprint density at radius 2 is 1.67 bits per heavy atom. The number of para-hydroxylation sites is 1. The third-order valence-corrected chi connectivity index (χ3v) is 4.59. The number of benzene rings is 2. The largest absolute Gasteiger partial charge is 0.305 e. The molecule has 3 aromatic rings. The van der Waals surface area contributed by atoms with E-state index < -0.39 is 0 Å². The van der Waals surface area contributed by atoms with Gasteiger partial charge in [-0.15, -0.1) is 11.3 Å². The summed E-state index contributed by atoms with van der Waals surface area (Å²) in [5.41, 5.74) is 2.62. The maximum atomic E-state index is 12.9. The number of hydrogen-bond acceptors (Lipinski definition) is 3. The van der Waals surface area contributed by atoms with Crippen molar-refractivity contribution in [2.75, 3.05) is 4.90 Å². The summed E-state index contributed by atoms with van der Waals surface area (Å²) in [5, 5.41) is 2.82. The van der Waals surface area contributed by atoms with Gasteiger partial charge in [0, 0.05) is 23.5 Å². The number of amides is 1. The average molecular weight is 336 g/mol. The molecule has 1 amide bonds. The first-order valence-corrected chi connectivity index (χ1v) is 8.90. The molecule has 0 aliphatic rings. The lowest BCUT2D eigenvalue weighted by molar-refractivity contribution is 0.0976. The minimum Gasteiger partial charge on any atom is -0.305 e. The summed E-state index contributed by atoms with van der Waals surface area (Å²) >= 11 is 1.54. The minimum atomic E-state index is -0.0493. The highest BCUT2D eigenvalue weighted by Crippen LogP contribution is 2.22. The van der Waals surface area contributed by atoms with Gasteiger partial charge < -0.3 is 4.90 Å². The summed E-state index contributed by atoms with van der Waals surface area (Å²) in [6, 6.07) is 20.0. The van der Waals surface area contributed by atoms with Crippen LogP contribution < -0.4 is 4.90 Å². The van der Waals surface area contributed by atoms with Gasteiger partial charge in [-0.1, -0.05) is 48.5 Å². The number of carbonyl (C=O) groups is 1. The van der Waals surface area contributed by atoms with E-state index >= 15 is 0 Å². The molecule has 0 unspecified atom stereocenters.